The summed E-state index contributed by atoms with van der Waals surface area (Å²) in [5.74, 6) is 0.675. The van der Waals surface area contributed by atoms with Crippen LogP contribution in [0, 0.1) is 6.92 Å². The third-order valence-corrected chi connectivity index (χ3v) is 3.68. The quantitative estimate of drug-likeness (QED) is 0.642. The number of ether oxygens (including phenoxy) is 1. The Hall–Kier alpha value is -1.55. The van der Waals surface area contributed by atoms with Crippen molar-refractivity contribution in [2.75, 3.05) is 20.7 Å². The molecule has 1 aromatic rings. The molecule has 4 heteroatoms. The second-order valence-electron chi connectivity index (χ2n) is 5.28. The number of aliphatic hydroxyl groups is 1. The molecular formula is C16H26N2O2. The van der Waals surface area contributed by atoms with Gasteiger partial charge >= 0.3 is 0 Å². The van der Waals surface area contributed by atoms with E-state index in [4.69, 9.17) is 4.74 Å². The molecule has 1 N–H and O–H groups in total. The van der Waals surface area contributed by atoms with Crippen LogP contribution in [-0.2, 0) is 5.60 Å². The first-order valence-corrected chi connectivity index (χ1v) is 7.01. The number of methoxy groups -OCH3 is 1. The third kappa shape index (κ3) is 3.73. The smallest absolute Gasteiger partial charge is 0.127 e. The molecule has 112 valence electrons. The summed E-state index contributed by atoms with van der Waals surface area (Å²) in [6.45, 7) is 8.73. The van der Waals surface area contributed by atoms with E-state index in [-0.39, 0.29) is 0 Å². The van der Waals surface area contributed by atoms with Crippen LogP contribution < -0.4 is 4.74 Å². The fourth-order valence-corrected chi connectivity index (χ4v) is 1.84. The fourth-order valence-electron chi connectivity index (χ4n) is 1.84. The molecule has 0 spiro atoms. The van der Waals surface area contributed by atoms with Gasteiger partial charge in [0.15, 0.2) is 0 Å². The van der Waals surface area contributed by atoms with Crippen LogP contribution in [0.25, 0.3) is 0 Å². The molecule has 1 unspecified atom stereocenters. The average Bonchev–Trinajstić information content (AvgIpc) is 2.45. The second kappa shape index (κ2) is 6.75. The largest absolute Gasteiger partial charge is 0.496 e. The van der Waals surface area contributed by atoms with Crippen molar-refractivity contribution >= 4 is 12.0 Å². The van der Waals surface area contributed by atoms with Gasteiger partial charge in [-0.25, -0.2) is 4.99 Å². The Bertz CT molecular complexity index is 482. The van der Waals surface area contributed by atoms with Crippen LogP contribution in [0.5, 0.6) is 5.75 Å². The van der Waals surface area contributed by atoms with E-state index in [1.165, 1.54) is 0 Å². The summed E-state index contributed by atoms with van der Waals surface area (Å²) >= 11 is 0. The molecule has 0 saturated carbocycles. The van der Waals surface area contributed by atoms with Crippen LogP contribution >= 0.6 is 0 Å². The summed E-state index contributed by atoms with van der Waals surface area (Å²) in [6.07, 6.45) is 2.43. The Labute approximate surface area is 122 Å². The minimum absolute atomic E-state index is 0.629. The van der Waals surface area contributed by atoms with Crippen molar-refractivity contribution in [1.82, 2.24) is 4.90 Å². The van der Waals surface area contributed by atoms with Crippen molar-refractivity contribution in [3.63, 3.8) is 0 Å². The van der Waals surface area contributed by atoms with Gasteiger partial charge < -0.3 is 14.7 Å². The van der Waals surface area contributed by atoms with Gasteiger partial charge in [0, 0.05) is 25.2 Å². The van der Waals surface area contributed by atoms with Gasteiger partial charge in [0.05, 0.1) is 24.7 Å². The van der Waals surface area contributed by atoms with Crippen molar-refractivity contribution in [3.8, 4) is 5.75 Å². The van der Waals surface area contributed by atoms with E-state index in [0.717, 1.165) is 23.4 Å². The molecule has 0 aromatic heterocycles. The van der Waals surface area contributed by atoms with Gasteiger partial charge in [-0.05, 0) is 38.8 Å². The first-order valence-electron chi connectivity index (χ1n) is 7.01. The lowest BCUT2D eigenvalue weighted by Crippen LogP contribution is -2.20. The van der Waals surface area contributed by atoms with E-state index in [9.17, 15) is 5.11 Å². The van der Waals surface area contributed by atoms with Crippen LogP contribution in [-0.4, -0.2) is 37.0 Å². The lowest BCUT2D eigenvalue weighted by molar-refractivity contribution is 0.0504. The molecule has 20 heavy (non-hydrogen) atoms. The predicted molar refractivity (Wildman–Crippen MR) is 84.0 cm³/mol. The standard InChI is InChI=1S/C16H26N2O2/c1-7-16(4,19)13-9-12(3)14(10-15(13)20-6)17-11-18(5)8-2/h9-11,19H,7-8H2,1-6H3. The Kier molecular flexibility index (Phi) is 5.57. The number of hydrogen-bond donors (Lipinski definition) is 1. The SMILES string of the molecule is CCN(C)C=Nc1cc(OC)c(C(C)(O)CC)cc1C. The highest BCUT2D eigenvalue weighted by atomic mass is 16.5. The van der Waals surface area contributed by atoms with Gasteiger partial charge in [-0.2, -0.15) is 0 Å². The van der Waals surface area contributed by atoms with E-state index in [0.29, 0.717) is 12.2 Å². The number of rotatable bonds is 6. The molecule has 1 aromatic carbocycles. The molecule has 0 aliphatic rings. The summed E-state index contributed by atoms with van der Waals surface area (Å²) in [5, 5.41) is 10.5. The van der Waals surface area contributed by atoms with E-state index < -0.39 is 5.60 Å². The molecule has 1 atom stereocenters. The molecule has 0 radical (unpaired) electrons. The maximum atomic E-state index is 10.5. The maximum Gasteiger partial charge on any atom is 0.127 e. The number of aliphatic imine (C=N–C) groups is 1. The minimum atomic E-state index is -0.890. The maximum absolute atomic E-state index is 10.5. The zero-order valence-corrected chi connectivity index (χ0v) is 13.4. The zero-order chi connectivity index (χ0) is 15.3. The van der Waals surface area contributed by atoms with Crippen molar-refractivity contribution in [3.05, 3.63) is 23.3 Å². The molecule has 0 heterocycles. The summed E-state index contributed by atoms with van der Waals surface area (Å²) < 4.78 is 5.41. The molecule has 0 aliphatic carbocycles. The first-order chi connectivity index (χ1) is 9.35. The van der Waals surface area contributed by atoms with Gasteiger partial charge in [0.25, 0.3) is 0 Å². The topological polar surface area (TPSA) is 45.1 Å². The summed E-state index contributed by atoms with van der Waals surface area (Å²) in [4.78, 5) is 6.48. The van der Waals surface area contributed by atoms with Gasteiger partial charge in [-0.1, -0.05) is 6.92 Å². The van der Waals surface area contributed by atoms with Gasteiger partial charge in [0.2, 0.25) is 0 Å². The summed E-state index contributed by atoms with van der Waals surface area (Å²) in [5.41, 5.74) is 1.80. The number of aryl methyl sites for hydroxylation is 1. The van der Waals surface area contributed by atoms with Gasteiger partial charge in [-0.3, -0.25) is 0 Å². The normalized spacial score (nSPS) is 14.3. The molecular weight excluding hydrogens is 252 g/mol. The Morgan fingerprint density at radius 1 is 1.40 bits per heavy atom. The van der Waals surface area contributed by atoms with E-state index in [1.807, 2.05) is 37.9 Å². The van der Waals surface area contributed by atoms with Crippen molar-refractivity contribution in [2.45, 2.75) is 39.7 Å². The van der Waals surface area contributed by atoms with Crippen LogP contribution in [0.3, 0.4) is 0 Å². The molecule has 1 rings (SSSR count). The van der Waals surface area contributed by atoms with Crippen LogP contribution in [0.15, 0.2) is 17.1 Å². The van der Waals surface area contributed by atoms with Crippen molar-refractivity contribution < 1.29 is 9.84 Å². The molecule has 0 amide bonds. The monoisotopic (exact) mass is 278 g/mol. The number of hydrogen-bond acceptors (Lipinski definition) is 3. The van der Waals surface area contributed by atoms with E-state index in [2.05, 4.69) is 11.9 Å². The van der Waals surface area contributed by atoms with Crippen LogP contribution in [0.1, 0.15) is 38.3 Å². The first kappa shape index (κ1) is 16.5. The zero-order valence-electron chi connectivity index (χ0n) is 13.4. The van der Waals surface area contributed by atoms with Gasteiger partial charge in [0.1, 0.15) is 5.75 Å². The van der Waals surface area contributed by atoms with Crippen molar-refractivity contribution in [1.29, 1.82) is 0 Å². The summed E-state index contributed by atoms with van der Waals surface area (Å²) in [7, 11) is 3.60. The summed E-state index contributed by atoms with van der Waals surface area (Å²) in [6, 6.07) is 3.84. The molecule has 0 fully saturated rings. The highest BCUT2D eigenvalue weighted by molar-refractivity contribution is 5.65. The third-order valence-electron chi connectivity index (χ3n) is 3.68. The number of benzene rings is 1. The Balaban J connectivity index is 3.23. The fraction of sp³-hybridized carbons (Fsp3) is 0.562. The molecule has 0 bridgehead atoms. The minimum Gasteiger partial charge on any atom is -0.496 e. The predicted octanol–water partition coefficient (Wildman–Crippen LogP) is 3.23. The highest BCUT2D eigenvalue weighted by Crippen LogP contribution is 2.37. The molecule has 4 nitrogen and oxygen atoms in total. The van der Waals surface area contributed by atoms with Crippen LogP contribution in [0.4, 0.5) is 5.69 Å². The lowest BCUT2D eigenvalue weighted by atomic mass is 9.91. The highest BCUT2D eigenvalue weighted by Gasteiger charge is 2.25. The lowest BCUT2D eigenvalue weighted by Gasteiger charge is -2.25. The molecule has 0 aliphatic heterocycles. The average molecular weight is 278 g/mol. The Morgan fingerprint density at radius 3 is 2.55 bits per heavy atom. The molecule has 0 saturated heterocycles. The second-order valence-corrected chi connectivity index (χ2v) is 5.28. The van der Waals surface area contributed by atoms with Crippen molar-refractivity contribution in [2.24, 2.45) is 4.99 Å². The van der Waals surface area contributed by atoms with Gasteiger partial charge in [-0.15, -0.1) is 0 Å². The van der Waals surface area contributed by atoms with Crippen LogP contribution in [0.2, 0.25) is 0 Å². The number of nitrogens with zero attached hydrogens (tertiary/aromatic N) is 2. The van der Waals surface area contributed by atoms with E-state index in [1.54, 1.807) is 20.4 Å². The van der Waals surface area contributed by atoms with E-state index >= 15 is 0 Å². The Morgan fingerprint density at radius 2 is 2.05 bits per heavy atom.